The van der Waals surface area contributed by atoms with Crippen molar-refractivity contribution in [3.8, 4) is 0 Å². The minimum atomic E-state index is 0.207. The standard InChI is InChI=1S/C15H30N2O/c1-12(15(2,3)4)11-17-14(18)9-8-13-7-5-6-10-16-13/h12-13,16H,5-11H2,1-4H3,(H,17,18). The molecule has 1 aliphatic heterocycles. The molecule has 0 saturated carbocycles. The van der Waals surface area contributed by atoms with E-state index in [1.54, 1.807) is 0 Å². The third-order valence-corrected chi connectivity index (χ3v) is 4.22. The highest BCUT2D eigenvalue weighted by Gasteiger charge is 2.20. The van der Waals surface area contributed by atoms with Gasteiger partial charge in [-0.3, -0.25) is 4.79 Å². The lowest BCUT2D eigenvalue weighted by atomic mass is 9.82. The second-order valence-electron chi connectivity index (χ2n) is 6.76. The van der Waals surface area contributed by atoms with Crippen molar-refractivity contribution in [1.82, 2.24) is 10.6 Å². The van der Waals surface area contributed by atoms with Crippen molar-refractivity contribution in [3.05, 3.63) is 0 Å². The zero-order valence-corrected chi connectivity index (χ0v) is 12.5. The molecule has 2 atom stereocenters. The van der Waals surface area contributed by atoms with Crippen LogP contribution in [0.5, 0.6) is 0 Å². The molecule has 1 heterocycles. The van der Waals surface area contributed by atoms with E-state index in [2.05, 4.69) is 38.3 Å². The number of piperidine rings is 1. The van der Waals surface area contributed by atoms with Crippen molar-refractivity contribution >= 4 is 5.91 Å². The number of hydrogen-bond acceptors (Lipinski definition) is 2. The Bertz CT molecular complexity index is 252. The predicted octanol–water partition coefficient (Wildman–Crippen LogP) is 2.71. The SMILES string of the molecule is CC(CNC(=O)CCC1CCCCN1)C(C)(C)C. The first-order chi connectivity index (χ1) is 8.39. The van der Waals surface area contributed by atoms with Gasteiger partial charge in [0.1, 0.15) is 0 Å². The zero-order valence-electron chi connectivity index (χ0n) is 12.5. The summed E-state index contributed by atoms with van der Waals surface area (Å²) < 4.78 is 0. The fraction of sp³-hybridized carbons (Fsp3) is 0.933. The maximum absolute atomic E-state index is 11.8. The van der Waals surface area contributed by atoms with E-state index in [1.165, 1.54) is 19.3 Å². The number of amides is 1. The van der Waals surface area contributed by atoms with Crippen molar-refractivity contribution in [3.63, 3.8) is 0 Å². The molecule has 3 nitrogen and oxygen atoms in total. The number of carbonyl (C=O) groups is 1. The van der Waals surface area contributed by atoms with Crippen LogP contribution in [0.4, 0.5) is 0 Å². The molecule has 0 aromatic heterocycles. The van der Waals surface area contributed by atoms with E-state index in [9.17, 15) is 4.79 Å². The Kier molecular flexibility index (Phi) is 6.13. The summed E-state index contributed by atoms with van der Waals surface area (Å²) in [5.41, 5.74) is 0.262. The first-order valence-electron chi connectivity index (χ1n) is 7.39. The Labute approximate surface area is 112 Å². The molecule has 0 aliphatic carbocycles. The van der Waals surface area contributed by atoms with Crippen molar-refractivity contribution < 1.29 is 4.79 Å². The van der Waals surface area contributed by atoms with Crippen molar-refractivity contribution in [2.75, 3.05) is 13.1 Å². The first kappa shape index (κ1) is 15.5. The van der Waals surface area contributed by atoms with Gasteiger partial charge in [-0.2, -0.15) is 0 Å². The molecule has 1 saturated heterocycles. The van der Waals surface area contributed by atoms with Gasteiger partial charge in [-0.05, 0) is 37.1 Å². The van der Waals surface area contributed by atoms with E-state index >= 15 is 0 Å². The molecule has 1 fully saturated rings. The van der Waals surface area contributed by atoms with Gasteiger partial charge in [0.05, 0.1) is 0 Å². The number of nitrogens with one attached hydrogen (secondary N) is 2. The summed E-state index contributed by atoms with van der Waals surface area (Å²) in [5.74, 6) is 0.715. The summed E-state index contributed by atoms with van der Waals surface area (Å²) >= 11 is 0. The Hall–Kier alpha value is -0.570. The fourth-order valence-corrected chi connectivity index (χ4v) is 2.14. The summed E-state index contributed by atoms with van der Waals surface area (Å²) in [7, 11) is 0. The Morgan fingerprint density at radius 1 is 1.39 bits per heavy atom. The second-order valence-corrected chi connectivity index (χ2v) is 6.76. The highest BCUT2D eigenvalue weighted by Crippen LogP contribution is 2.24. The van der Waals surface area contributed by atoms with Crippen LogP contribution in [-0.4, -0.2) is 25.0 Å². The van der Waals surface area contributed by atoms with Gasteiger partial charge in [0, 0.05) is 19.0 Å². The maximum Gasteiger partial charge on any atom is 0.220 e. The molecular weight excluding hydrogens is 224 g/mol. The smallest absolute Gasteiger partial charge is 0.220 e. The van der Waals surface area contributed by atoms with Crippen molar-refractivity contribution in [2.24, 2.45) is 11.3 Å². The zero-order chi connectivity index (χ0) is 13.6. The molecule has 2 N–H and O–H groups in total. The summed E-state index contributed by atoms with van der Waals surface area (Å²) in [6, 6.07) is 0.560. The lowest BCUT2D eigenvalue weighted by molar-refractivity contribution is -0.121. The van der Waals surface area contributed by atoms with E-state index in [1.807, 2.05) is 0 Å². The van der Waals surface area contributed by atoms with Crippen LogP contribution in [0.3, 0.4) is 0 Å². The van der Waals surface area contributed by atoms with Gasteiger partial charge in [-0.25, -0.2) is 0 Å². The van der Waals surface area contributed by atoms with Crippen LogP contribution in [0.2, 0.25) is 0 Å². The van der Waals surface area contributed by atoms with Gasteiger partial charge < -0.3 is 10.6 Å². The Morgan fingerprint density at radius 2 is 2.11 bits per heavy atom. The first-order valence-corrected chi connectivity index (χ1v) is 7.39. The number of rotatable bonds is 5. The molecule has 1 amide bonds. The molecule has 3 heteroatoms. The lowest BCUT2D eigenvalue weighted by Gasteiger charge is -2.27. The van der Waals surface area contributed by atoms with Gasteiger partial charge >= 0.3 is 0 Å². The molecule has 1 rings (SSSR count). The monoisotopic (exact) mass is 254 g/mol. The van der Waals surface area contributed by atoms with Gasteiger partial charge in [0.25, 0.3) is 0 Å². The molecule has 0 radical (unpaired) electrons. The van der Waals surface area contributed by atoms with E-state index in [4.69, 9.17) is 0 Å². The largest absolute Gasteiger partial charge is 0.356 e. The van der Waals surface area contributed by atoms with Crippen LogP contribution in [0.1, 0.15) is 59.8 Å². The third kappa shape index (κ3) is 5.85. The fourth-order valence-electron chi connectivity index (χ4n) is 2.14. The Morgan fingerprint density at radius 3 is 2.67 bits per heavy atom. The normalized spacial score (nSPS) is 22.6. The highest BCUT2D eigenvalue weighted by molar-refractivity contribution is 5.75. The van der Waals surface area contributed by atoms with E-state index in [-0.39, 0.29) is 11.3 Å². The van der Waals surface area contributed by atoms with Crippen LogP contribution >= 0.6 is 0 Å². The molecule has 18 heavy (non-hydrogen) atoms. The van der Waals surface area contributed by atoms with Gasteiger partial charge in [0.15, 0.2) is 0 Å². The topological polar surface area (TPSA) is 41.1 Å². The third-order valence-electron chi connectivity index (χ3n) is 4.22. The number of hydrogen-bond donors (Lipinski definition) is 2. The summed E-state index contributed by atoms with van der Waals surface area (Å²) in [6.07, 6.45) is 5.46. The average Bonchev–Trinajstić information content (AvgIpc) is 2.33. The molecule has 2 unspecified atom stereocenters. The minimum Gasteiger partial charge on any atom is -0.356 e. The average molecular weight is 254 g/mol. The lowest BCUT2D eigenvalue weighted by Crippen LogP contribution is -2.37. The van der Waals surface area contributed by atoms with Gasteiger partial charge in [0.2, 0.25) is 5.91 Å². The molecule has 0 bridgehead atoms. The van der Waals surface area contributed by atoms with E-state index < -0.39 is 0 Å². The highest BCUT2D eigenvalue weighted by atomic mass is 16.1. The van der Waals surface area contributed by atoms with Crippen LogP contribution in [0.25, 0.3) is 0 Å². The summed E-state index contributed by atoms with van der Waals surface area (Å²) in [4.78, 5) is 11.8. The van der Waals surface area contributed by atoms with Crippen LogP contribution in [-0.2, 0) is 4.79 Å². The molecule has 0 aromatic carbocycles. The van der Waals surface area contributed by atoms with Gasteiger partial charge in [-0.15, -0.1) is 0 Å². The van der Waals surface area contributed by atoms with Crippen LogP contribution in [0, 0.1) is 11.3 Å². The van der Waals surface area contributed by atoms with E-state index in [0.717, 1.165) is 19.5 Å². The van der Waals surface area contributed by atoms with Crippen LogP contribution < -0.4 is 10.6 Å². The molecule has 1 aliphatic rings. The molecule has 106 valence electrons. The quantitative estimate of drug-likeness (QED) is 0.792. The Balaban J connectivity index is 2.13. The number of carbonyl (C=O) groups excluding carboxylic acids is 1. The summed E-state index contributed by atoms with van der Waals surface area (Å²) in [6.45, 7) is 10.8. The molecular formula is C15H30N2O. The second kappa shape index (κ2) is 7.13. The van der Waals surface area contributed by atoms with Crippen LogP contribution in [0.15, 0.2) is 0 Å². The van der Waals surface area contributed by atoms with Crippen molar-refractivity contribution in [1.29, 1.82) is 0 Å². The molecule has 0 aromatic rings. The molecule has 0 spiro atoms. The summed E-state index contributed by atoms with van der Waals surface area (Å²) in [5, 5.41) is 6.55. The maximum atomic E-state index is 11.8. The minimum absolute atomic E-state index is 0.207. The van der Waals surface area contributed by atoms with Crippen molar-refractivity contribution in [2.45, 2.75) is 65.8 Å². The van der Waals surface area contributed by atoms with E-state index in [0.29, 0.717) is 18.4 Å². The predicted molar refractivity (Wildman–Crippen MR) is 76.5 cm³/mol. The van der Waals surface area contributed by atoms with Gasteiger partial charge in [-0.1, -0.05) is 34.1 Å².